The van der Waals surface area contributed by atoms with Crippen LogP contribution in [0.4, 0.5) is 0 Å². The number of allylic oxidation sites excluding steroid dienone is 3. The number of rotatable bonds is 3. The van der Waals surface area contributed by atoms with Gasteiger partial charge >= 0.3 is 0 Å². The average molecular weight is 420 g/mol. The molecule has 3 aliphatic carbocycles. The van der Waals surface area contributed by atoms with Crippen LogP contribution in [0.3, 0.4) is 0 Å². The molecule has 0 aromatic carbocycles. The zero-order chi connectivity index (χ0) is 21.2. The van der Waals surface area contributed by atoms with Crippen molar-refractivity contribution < 1.29 is 16.7 Å². The summed E-state index contributed by atoms with van der Waals surface area (Å²) in [6.45, 7) is 8.31. The highest BCUT2D eigenvalue weighted by Gasteiger charge is 2.50. The smallest absolute Gasteiger partial charge is 0.119 e. The Morgan fingerprint density at radius 3 is 2.50 bits per heavy atom. The first-order chi connectivity index (χ1) is 13.6. The van der Waals surface area contributed by atoms with Gasteiger partial charge in [-0.3, -0.25) is 0 Å². The molecule has 3 N–H and O–H groups in total. The van der Waals surface area contributed by atoms with Crippen molar-refractivity contribution in [3.63, 3.8) is 0 Å². The van der Waals surface area contributed by atoms with Crippen molar-refractivity contribution in [3.05, 3.63) is 23.3 Å². The average Bonchev–Trinajstić information content (AvgIpc) is 2.95. The normalized spacial score (nSPS) is 36.4. The first kappa shape index (κ1) is 25.2. The van der Waals surface area contributed by atoms with Gasteiger partial charge < -0.3 is 15.3 Å². The van der Waals surface area contributed by atoms with Crippen LogP contribution in [-0.4, -0.2) is 33.1 Å². The summed E-state index contributed by atoms with van der Waals surface area (Å²) in [5.74, 6) is 8.07. The number of fused-ring (bicyclic) bond motifs is 1. The Kier molecular flexibility index (Phi) is 8.42. The highest BCUT2D eigenvalue weighted by molar-refractivity contribution is 5.26. The van der Waals surface area contributed by atoms with E-state index >= 15 is 0 Å². The summed E-state index contributed by atoms with van der Waals surface area (Å²) in [5, 5.41) is 29.7. The summed E-state index contributed by atoms with van der Waals surface area (Å²) in [6, 6.07) is 0. The van der Waals surface area contributed by atoms with E-state index in [0.29, 0.717) is 42.4 Å². The van der Waals surface area contributed by atoms with Gasteiger partial charge in [-0.15, -0.1) is 5.92 Å². The van der Waals surface area contributed by atoms with Crippen LogP contribution in [0, 0.1) is 35.0 Å². The van der Waals surface area contributed by atoms with Crippen molar-refractivity contribution in [2.75, 3.05) is 0 Å². The molecule has 0 aliphatic heterocycles. The SMILES string of the molecule is C.C[C@H](CC#CC(C)(C)O)[C@H]1CC[C@@H]2/C(=C/C=C3C[C@@H](O)C[C@H](O)C3)CCC[C@@]21C.[2HH]. The molecule has 0 bridgehead atoms. The fraction of sp³-hybridized carbons (Fsp3) is 0.778. The Morgan fingerprint density at radius 1 is 1.20 bits per heavy atom. The van der Waals surface area contributed by atoms with Gasteiger partial charge in [-0.25, -0.2) is 0 Å². The molecule has 172 valence electrons. The molecule has 0 amide bonds. The molecule has 3 aliphatic rings. The molecule has 0 aromatic heterocycles. The van der Waals surface area contributed by atoms with E-state index in [0.717, 1.165) is 6.42 Å². The quantitative estimate of drug-likeness (QED) is 0.519. The van der Waals surface area contributed by atoms with Crippen molar-refractivity contribution in [2.45, 2.75) is 111 Å². The summed E-state index contributed by atoms with van der Waals surface area (Å²) in [5.41, 5.74) is 2.18. The molecule has 3 saturated carbocycles. The van der Waals surface area contributed by atoms with Crippen LogP contribution in [0.25, 0.3) is 0 Å². The van der Waals surface area contributed by atoms with E-state index in [1.165, 1.54) is 37.7 Å². The van der Waals surface area contributed by atoms with Gasteiger partial charge in [-0.1, -0.05) is 50.5 Å². The number of hydrogen-bond donors (Lipinski definition) is 3. The lowest BCUT2D eigenvalue weighted by Crippen LogP contribution is -2.36. The summed E-state index contributed by atoms with van der Waals surface area (Å²) < 4.78 is 0. The molecule has 6 atom stereocenters. The third-order valence-electron chi connectivity index (χ3n) is 7.62. The summed E-state index contributed by atoms with van der Waals surface area (Å²) in [4.78, 5) is 0. The lowest BCUT2D eigenvalue weighted by atomic mass is 9.61. The molecule has 0 saturated heterocycles. The van der Waals surface area contributed by atoms with Crippen molar-refractivity contribution in [1.82, 2.24) is 0 Å². The number of aliphatic hydroxyl groups excluding tert-OH is 2. The molecule has 0 aromatic rings. The van der Waals surface area contributed by atoms with E-state index in [1.54, 1.807) is 19.4 Å². The largest absolute Gasteiger partial charge is 0.393 e. The predicted octanol–water partition coefficient (Wildman–Crippen LogP) is 5.64. The maximum atomic E-state index is 9.95. The second-order valence-corrected chi connectivity index (χ2v) is 10.7. The minimum Gasteiger partial charge on any atom is -0.393 e. The number of hydrogen-bond acceptors (Lipinski definition) is 3. The summed E-state index contributed by atoms with van der Waals surface area (Å²) >= 11 is 0. The Bertz CT molecular complexity index is 696. The molecule has 3 fully saturated rings. The molecular formula is C27H46O3. The molecule has 30 heavy (non-hydrogen) atoms. The summed E-state index contributed by atoms with van der Waals surface area (Å²) in [7, 11) is 0. The van der Waals surface area contributed by atoms with Crippen LogP contribution in [-0.2, 0) is 0 Å². The van der Waals surface area contributed by atoms with Crippen LogP contribution in [0.1, 0.15) is 94.3 Å². The topological polar surface area (TPSA) is 60.7 Å². The Labute approximate surface area is 186 Å². The van der Waals surface area contributed by atoms with Crippen LogP contribution < -0.4 is 0 Å². The van der Waals surface area contributed by atoms with Gasteiger partial charge in [-0.05, 0) is 88.4 Å². The third kappa shape index (κ3) is 6.00. The van der Waals surface area contributed by atoms with E-state index in [1.807, 2.05) is 0 Å². The highest BCUT2D eigenvalue weighted by Crippen LogP contribution is 2.59. The van der Waals surface area contributed by atoms with Crippen molar-refractivity contribution in [1.29, 1.82) is 0 Å². The van der Waals surface area contributed by atoms with E-state index < -0.39 is 17.8 Å². The lowest BCUT2D eigenvalue weighted by Gasteiger charge is -2.44. The fourth-order valence-corrected chi connectivity index (χ4v) is 6.32. The van der Waals surface area contributed by atoms with Gasteiger partial charge in [0.1, 0.15) is 5.60 Å². The Balaban J connectivity index is 0.00000240. The maximum Gasteiger partial charge on any atom is 0.119 e. The second kappa shape index (κ2) is 10.0. The molecule has 3 nitrogen and oxygen atoms in total. The van der Waals surface area contributed by atoms with E-state index in [9.17, 15) is 15.3 Å². The molecule has 0 unspecified atom stereocenters. The monoisotopic (exact) mass is 419 g/mol. The van der Waals surface area contributed by atoms with Crippen molar-refractivity contribution in [3.8, 4) is 11.8 Å². The zero-order valence-electron chi connectivity index (χ0n) is 18.7. The molecule has 0 heterocycles. The van der Waals surface area contributed by atoms with E-state index in [-0.39, 0.29) is 8.85 Å². The van der Waals surface area contributed by atoms with Gasteiger partial charge in [0.2, 0.25) is 0 Å². The molecule has 0 spiro atoms. The molecule has 0 radical (unpaired) electrons. The zero-order valence-corrected chi connectivity index (χ0v) is 18.7. The molecular weight excluding hydrogens is 372 g/mol. The van der Waals surface area contributed by atoms with Crippen LogP contribution in [0.2, 0.25) is 0 Å². The van der Waals surface area contributed by atoms with Gasteiger partial charge in [0.15, 0.2) is 0 Å². The van der Waals surface area contributed by atoms with Crippen LogP contribution in [0.5, 0.6) is 0 Å². The number of aliphatic hydroxyl groups is 3. The van der Waals surface area contributed by atoms with Crippen LogP contribution in [0.15, 0.2) is 23.3 Å². The standard InChI is InChI=1S/C26H40O3.CH4.H2/c1-18(7-5-13-25(2,3)29)23-11-12-24-20(8-6-14-26(23,24)4)10-9-19-15-21(27)17-22(28)16-19;;/h9-10,18,21-24,27-29H,6-8,11-12,14-17H2,1-4H3;1H4;1H/b20-10+;;/t18-,21-,22-,23-,24-,26-;;/m1../s1/i;;1+1. The van der Waals surface area contributed by atoms with Crippen molar-refractivity contribution in [2.24, 2.45) is 23.2 Å². The Morgan fingerprint density at radius 2 is 1.87 bits per heavy atom. The third-order valence-corrected chi connectivity index (χ3v) is 7.62. The van der Waals surface area contributed by atoms with E-state index in [2.05, 4.69) is 37.8 Å². The maximum absolute atomic E-state index is 9.95. The molecule has 3 rings (SSSR count). The van der Waals surface area contributed by atoms with Gasteiger partial charge in [-0.2, -0.15) is 0 Å². The fourth-order valence-electron chi connectivity index (χ4n) is 6.32. The highest BCUT2D eigenvalue weighted by atomic mass is 16.3. The van der Waals surface area contributed by atoms with Crippen molar-refractivity contribution >= 4 is 0 Å². The first-order valence-electron chi connectivity index (χ1n) is 11.6. The minimum absolute atomic E-state index is 0. The van der Waals surface area contributed by atoms with Crippen LogP contribution >= 0.6 is 0 Å². The molecule has 3 heteroatoms. The second-order valence-electron chi connectivity index (χ2n) is 10.7. The van der Waals surface area contributed by atoms with Gasteiger partial charge in [0.05, 0.1) is 12.2 Å². The van der Waals surface area contributed by atoms with E-state index in [4.69, 9.17) is 0 Å². The van der Waals surface area contributed by atoms with Gasteiger partial charge in [0.25, 0.3) is 0 Å². The first-order valence-corrected chi connectivity index (χ1v) is 11.6. The Hall–Kier alpha value is -1.08. The summed E-state index contributed by atoms with van der Waals surface area (Å²) in [6.07, 6.45) is 12.7. The van der Waals surface area contributed by atoms with Gasteiger partial charge in [0, 0.05) is 7.85 Å². The lowest BCUT2D eigenvalue weighted by molar-refractivity contribution is 0.0609. The minimum atomic E-state index is -0.906. The predicted molar refractivity (Wildman–Crippen MR) is 127 cm³/mol.